The molecule has 2 fully saturated rings. The highest BCUT2D eigenvalue weighted by molar-refractivity contribution is 5.85. The molecule has 0 aromatic rings. The summed E-state index contributed by atoms with van der Waals surface area (Å²) in [6.45, 7) is 2.01. The lowest BCUT2D eigenvalue weighted by molar-refractivity contribution is -0.108. The Labute approximate surface area is 89.4 Å². The van der Waals surface area contributed by atoms with Gasteiger partial charge in [0.05, 0.1) is 5.54 Å². The number of likely N-dealkylation sites (N-methyl/N-ethyl adjacent to an activating group) is 1. The number of hydrogen-bond donors (Lipinski definition) is 1. The monoisotopic (exact) mass is 226 g/mol. The number of alkyl halides is 2. The molecule has 84 valence electrons. The van der Waals surface area contributed by atoms with E-state index in [2.05, 4.69) is 5.32 Å². The van der Waals surface area contributed by atoms with Crippen LogP contribution in [0, 0.1) is 0 Å². The van der Waals surface area contributed by atoms with Gasteiger partial charge >= 0.3 is 0 Å². The molecule has 14 heavy (non-hydrogen) atoms. The third-order valence-corrected chi connectivity index (χ3v) is 3.29. The molecule has 2 saturated heterocycles. The number of nitrogens with one attached hydrogen (secondary N) is 1. The number of nitrogens with zero attached hydrogens (tertiary/aromatic N) is 1. The first kappa shape index (κ1) is 12.1. The van der Waals surface area contributed by atoms with Crippen LogP contribution in [0.15, 0.2) is 0 Å². The molecule has 2 nitrogen and oxygen atoms in total. The van der Waals surface area contributed by atoms with Crippen molar-refractivity contribution in [2.24, 2.45) is 0 Å². The van der Waals surface area contributed by atoms with E-state index in [9.17, 15) is 8.78 Å². The van der Waals surface area contributed by atoms with E-state index in [4.69, 9.17) is 0 Å². The van der Waals surface area contributed by atoms with Crippen LogP contribution in [0.3, 0.4) is 0 Å². The fraction of sp³-hybridized carbons (Fsp3) is 1.00. The summed E-state index contributed by atoms with van der Waals surface area (Å²) < 4.78 is 27.3. The molecule has 0 aliphatic carbocycles. The van der Waals surface area contributed by atoms with Gasteiger partial charge in [0, 0.05) is 13.0 Å². The molecule has 0 aromatic carbocycles. The van der Waals surface area contributed by atoms with Crippen molar-refractivity contribution in [3.8, 4) is 0 Å². The Morgan fingerprint density at radius 1 is 1.29 bits per heavy atom. The fourth-order valence-electron chi connectivity index (χ4n) is 2.45. The highest BCUT2D eigenvalue weighted by Crippen LogP contribution is 2.41. The molecule has 0 radical (unpaired) electrons. The van der Waals surface area contributed by atoms with Gasteiger partial charge in [-0.15, -0.1) is 12.4 Å². The van der Waals surface area contributed by atoms with Crippen molar-refractivity contribution >= 4 is 12.4 Å². The Morgan fingerprint density at radius 3 is 2.50 bits per heavy atom. The quantitative estimate of drug-likeness (QED) is 0.674. The SMILES string of the molecule is CN1CCC2(C1)NCCCC2(F)F.Cl. The lowest BCUT2D eigenvalue weighted by Crippen LogP contribution is -2.63. The average molecular weight is 227 g/mol. The van der Waals surface area contributed by atoms with Crippen LogP contribution in [-0.2, 0) is 0 Å². The van der Waals surface area contributed by atoms with Crippen LogP contribution in [0.1, 0.15) is 19.3 Å². The predicted molar refractivity (Wildman–Crippen MR) is 54.3 cm³/mol. The Hall–Kier alpha value is 0.0700. The van der Waals surface area contributed by atoms with Crippen molar-refractivity contribution in [1.29, 1.82) is 0 Å². The molecule has 1 N–H and O–H groups in total. The standard InChI is InChI=1S/C9H16F2N2.ClH/c1-13-6-4-8(7-13)9(10,11)3-2-5-12-8;/h12H,2-7H2,1H3;1H. The summed E-state index contributed by atoms with van der Waals surface area (Å²) >= 11 is 0. The summed E-state index contributed by atoms with van der Waals surface area (Å²) in [5, 5.41) is 3.02. The van der Waals surface area contributed by atoms with E-state index >= 15 is 0 Å². The van der Waals surface area contributed by atoms with E-state index < -0.39 is 11.5 Å². The molecule has 0 aromatic heterocycles. The fourth-order valence-corrected chi connectivity index (χ4v) is 2.45. The summed E-state index contributed by atoms with van der Waals surface area (Å²) in [4.78, 5) is 1.98. The van der Waals surface area contributed by atoms with E-state index in [1.54, 1.807) is 0 Å². The van der Waals surface area contributed by atoms with E-state index in [1.165, 1.54) is 0 Å². The van der Waals surface area contributed by atoms with Crippen LogP contribution in [0.25, 0.3) is 0 Å². The van der Waals surface area contributed by atoms with Gasteiger partial charge in [-0.2, -0.15) is 0 Å². The summed E-state index contributed by atoms with van der Waals surface area (Å²) in [6, 6.07) is 0. The van der Waals surface area contributed by atoms with Gasteiger partial charge in [0.25, 0.3) is 5.92 Å². The number of rotatable bonds is 0. The molecule has 1 unspecified atom stereocenters. The van der Waals surface area contributed by atoms with Crippen LogP contribution in [0.5, 0.6) is 0 Å². The van der Waals surface area contributed by atoms with Crippen molar-refractivity contribution in [1.82, 2.24) is 10.2 Å². The zero-order valence-corrected chi connectivity index (χ0v) is 9.17. The van der Waals surface area contributed by atoms with Crippen molar-refractivity contribution < 1.29 is 8.78 Å². The van der Waals surface area contributed by atoms with E-state index in [1.807, 2.05) is 11.9 Å². The highest BCUT2D eigenvalue weighted by atomic mass is 35.5. The lowest BCUT2D eigenvalue weighted by Gasteiger charge is -2.41. The van der Waals surface area contributed by atoms with Crippen molar-refractivity contribution in [2.75, 3.05) is 26.7 Å². The zero-order chi connectivity index (χ0) is 9.53. The second kappa shape index (κ2) is 3.91. The molecule has 2 aliphatic rings. The second-order valence-corrected chi connectivity index (χ2v) is 4.30. The Morgan fingerprint density at radius 2 is 2.00 bits per heavy atom. The molecule has 1 spiro atoms. The molecule has 2 aliphatic heterocycles. The first-order chi connectivity index (χ1) is 6.06. The molecule has 0 saturated carbocycles. The molecular formula is C9H17ClF2N2. The third-order valence-electron chi connectivity index (χ3n) is 3.29. The largest absolute Gasteiger partial charge is 0.305 e. The average Bonchev–Trinajstić information content (AvgIpc) is 2.41. The maximum Gasteiger partial charge on any atom is 0.267 e. The lowest BCUT2D eigenvalue weighted by atomic mass is 9.84. The summed E-state index contributed by atoms with van der Waals surface area (Å²) in [5.41, 5.74) is -0.917. The molecule has 0 amide bonds. The van der Waals surface area contributed by atoms with Crippen molar-refractivity contribution in [3.05, 3.63) is 0 Å². The van der Waals surface area contributed by atoms with E-state index in [-0.39, 0.29) is 18.8 Å². The first-order valence-electron chi connectivity index (χ1n) is 4.87. The minimum absolute atomic E-state index is 0. The second-order valence-electron chi connectivity index (χ2n) is 4.30. The molecule has 1 atom stereocenters. The van der Waals surface area contributed by atoms with Gasteiger partial charge in [-0.1, -0.05) is 0 Å². The van der Waals surface area contributed by atoms with E-state index in [0.29, 0.717) is 19.4 Å². The molecular weight excluding hydrogens is 210 g/mol. The van der Waals surface area contributed by atoms with Crippen molar-refractivity contribution in [3.63, 3.8) is 0 Å². The minimum Gasteiger partial charge on any atom is -0.305 e. The Balaban J connectivity index is 0.000000980. The summed E-state index contributed by atoms with van der Waals surface area (Å²) in [6.07, 6.45) is 1.23. The van der Waals surface area contributed by atoms with E-state index in [0.717, 1.165) is 13.1 Å². The predicted octanol–water partition coefficient (Wildman–Crippen LogP) is 1.50. The molecule has 5 heteroatoms. The molecule has 0 bridgehead atoms. The van der Waals surface area contributed by atoms with Gasteiger partial charge in [0.15, 0.2) is 0 Å². The normalized spacial score (nSPS) is 37.1. The number of hydrogen-bond acceptors (Lipinski definition) is 2. The van der Waals surface area contributed by atoms with Gasteiger partial charge in [0.1, 0.15) is 0 Å². The van der Waals surface area contributed by atoms with Crippen LogP contribution in [-0.4, -0.2) is 43.0 Å². The topological polar surface area (TPSA) is 15.3 Å². The summed E-state index contributed by atoms with van der Waals surface area (Å²) in [5.74, 6) is -2.52. The third kappa shape index (κ3) is 1.75. The number of likely N-dealkylation sites (tertiary alicyclic amines) is 1. The van der Waals surface area contributed by atoms with Gasteiger partial charge < -0.3 is 10.2 Å². The van der Waals surface area contributed by atoms with Crippen LogP contribution in [0.2, 0.25) is 0 Å². The van der Waals surface area contributed by atoms with Gasteiger partial charge in [0.2, 0.25) is 0 Å². The maximum absolute atomic E-state index is 13.6. The number of piperidine rings is 1. The maximum atomic E-state index is 13.6. The minimum atomic E-state index is -2.52. The van der Waals surface area contributed by atoms with Crippen LogP contribution in [0.4, 0.5) is 8.78 Å². The van der Waals surface area contributed by atoms with Crippen LogP contribution < -0.4 is 5.32 Å². The summed E-state index contributed by atoms with van der Waals surface area (Å²) in [7, 11) is 1.90. The number of halogens is 3. The van der Waals surface area contributed by atoms with Gasteiger partial charge in [-0.05, 0) is 33.0 Å². The van der Waals surface area contributed by atoms with Crippen LogP contribution >= 0.6 is 12.4 Å². The Kier molecular flexibility index (Phi) is 3.39. The van der Waals surface area contributed by atoms with Gasteiger partial charge in [-0.3, -0.25) is 0 Å². The molecule has 2 rings (SSSR count). The first-order valence-corrected chi connectivity index (χ1v) is 4.87. The van der Waals surface area contributed by atoms with Crippen molar-refractivity contribution in [2.45, 2.75) is 30.7 Å². The Bertz CT molecular complexity index is 209. The zero-order valence-electron chi connectivity index (χ0n) is 8.35. The smallest absolute Gasteiger partial charge is 0.267 e. The molecule has 2 heterocycles. The highest BCUT2D eigenvalue weighted by Gasteiger charge is 2.56. The van der Waals surface area contributed by atoms with Gasteiger partial charge in [-0.25, -0.2) is 8.78 Å².